The number of carbonyl (C=O) groups excluding carboxylic acids is 2. The van der Waals surface area contributed by atoms with Crippen molar-refractivity contribution >= 4 is 27.5 Å². The summed E-state index contributed by atoms with van der Waals surface area (Å²) in [6, 6.07) is 13.2. The fraction of sp³-hybridized carbons (Fsp3) is 0.300. The van der Waals surface area contributed by atoms with Gasteiger partial charge in [0.05, 0.1) is 10.6 Å². The number of rotatable bonds is 6. The van der Waals surface area contributed by atoms with E-state index >= 15 is 0 Å². The molecule has 2 aromatic carbocycles. The van der Waals surface area contributed by atoms with Crippen LogP contribution in [0.25, 0.3) is 0 Å². The quantitative estimate of drug-likeness (QED) is 0.739. The van der Waals surface area contributed by atoms with Crippen LogP contribution in [-0.4, -0.2) is 32.4 Å². The number of amides is 2. The van der Waals surface area contributed by atoms with Gasteiger partial charge in [-0.1, -0.05) is 24.3 Å². The van der Waals surface area contributed by atoms with Crippen molar-refractivity contribution in [3.8, 4) is 5.75 Å². The van der Waals surface area contributed by atoms with Crippen molar-refractivity contribution in [2.45, 2.75) is 37.3 Å². The first kappa shape index (κ1) is 20.8. The zero-order valence-corrected chi connectivity index (χ0v) is 17.0. The van der Waals surface area contributed by atoms with Crippen molar-refractivity contribution in [2.24, 2.45) is 5.14 Å². The number of para-hydroxylation sites is 2. The Balaban J connectivity index is 1.60. The van der Waals surface area contributed by atoms with E-state index in [0.29, 0.717) is 11.4 Å². The van der Waals surface area contributed by atoms with Gasteiger partial charge in [0.15, 0.2) is 5.60 Å². The van der Waals surface area contributed by atoms with Gasteiger partial charge in [0.1, 0.15) is 5.75 Å². The smallest absolute Gasteiger partial charge is 0.270 e. The maximum atomic E-state index is 12.7. The van der Waals surface area contributed by atoms with Crippen LogP contribution in [-0.2, 0) is 26.2 Å². The molecule has 29 heavy (non-hydrogen) atoms. The molecule has 0 aliphatic carbocycles. The van der Waals surface area contributed by atoms with Gasteiger partial charge in [-0.05, 0) is 43.7 Å². The number of nitrogens with zero attached hydrogens (tertiary/aromatic N) is 1. The van der Waals surface area contributed by atoms with Crippen molar-refractivity contribution < 1.29 is 22.7 Å². The Hall–Kier alpha value is -2.91. The summed E-state index contributed by atoms with van der Waals surface area (Å²) in [5.41, 5.74) is 0.374. The first-order valence-corrected chi connectivity index (χ1v) is 10.6. The number of anilines is 1. The molecule has 0 spiro atoms. The molecule has 3 rings (SSSR count). The lowest BCUT2D eigenvalue weighted by molar-refractivity contribution is -0.132. The lowest BCUT2D eigenvalue weighted by Crippen LogP contribution is -2.53. The predicted octanol–water partition coefficient (Wildman–Crippen LogP) is 1.54. The first-order chi connectivity index (χ1) is 13.6. The minimum Gasteiger partial charge on any atom is -0.476 e. The molecule has 0 fully saturated rings. The van der Waals surface area contributed by atoms with Crippen molar-refractivity contribution in [2.75, 3.05) is 11.4 Å². The zero-order chi connectivity index (χ0) is 21.2. The van der Waals surface area contributed by atoms with Crippen LogP contribution in [0.5, 0.6) is 5.75 Å². The molecule has 9 heteroatoms. The summed E-state index contributed by atoms with van der Waals surface area (Å²) in [5, 5.41) is 7.83. The summed E-state index contributed by atoms with van der Waals surface area (Å²) < 4.78 is 28.3. The third-order valence-corrected chi connectivity index (χ3v) is 5.51. The van der Waals surface area contributed by atoms with E-state index in [0.717, 1.165) is 5.56 Å². The van der Waals surface area contributed by atoms with E-state index in [1.54, 1.807) is 43.0 Å². The highest BCUT2D eigenvalue weighted by Gasteiger charge is 2.40. The number of ether oxygens (including phenoxy) is 1. The molecule has 0 saturated heterocycles. The Labute approximate surface area is 169 Å². The lowest BCUT2D eigenvalue weighted by atomic mass is 10.0. The second-order valence-corrected chi connectivity index (χ2v) is 8.81. The Morgan fingerprint density at radius 2 is 1.79 bits per heavy atom. The lowest BCUT2D eigenvalue weighted by Gasteiger charge is -2.38. The molecule has 2 amide bonds. The highest BCUT2D eigenvalue weighted by Crippen LogP contribution is 2.37. The standard InChI is InChI=1S/C20H23N3O5S/c1-20(2)19(25)23(16-5-3-4-6-17(16)28-20)12-11-18(24)22-13-14-7-9-15(10-8-14)29(21,26)27/h3-10H,11-13H2,1-2H3,(H,22,24)(H2,21,26,27). The first-order valence-electron chi connectivity index (χ1n) is 9.06. The van der Waals surface area contributed by atoms with Crippen LogP contribution in [0, 0.1) is 0 Å². The van der Waals surface area contributed by atoms with Gasteiger partial charge in [-0.25, -0.2) is 13.6 Å². The fourth-order valence-corrected chi connectivity index (χ4v) is 3.56. The predicted molar refractivity (Wildman–Crippen MR) is 108 cm³/mol. The number of nitrogens with two attached hydrogens (primary N) is 1. The number of sulfonamides is 1. The third-order valence-electron chi connectivity index (χ3n) is 4.59. The van der Waals surface area contributed by atoms with Crippen molar-refractivity contribution in [3.63, 3.8) is 0 Å². The highest BCUT2D eigenvalue weighted by molar-refractivity contribution is 7.89. The van der Waals surface area contributed by atoms with Crippen LogP contribution in [0.2, 0.25) is 0 Å². The molecular weight excluding hydrogens is 394 g/mol. The van der Waals surface area contributed by atoms with Crippen LogP contribution in [0.1, 0.15) is 25.8 Å². The molecule has 8 nitrogen and oxygen atoms in total. The van der Waals surface area contributed by atoms with Gasteiger partial charge in [-0.3, -0.25) is 9.59 Å². The van der Waals surface area contributed by atoms with E-state index in [2.05, 4.69) is 5.32 Å². The topological polar surface area (TPSA) is 119 Å². The Morgan fingerprint density at radius 1 is 1.14 bits per heavy atom. The molecule has 2 aromatic rings. The van der Waals surface area contributed by atoms with Gasteiger partial charge in [-0.15, -0.1) is 0 Å². The highest BCUT2D eigenvalue weighted by atomic mass is 32.2. The van der Waals surface area contributed by atoms with Crippen LogP contribution in [0.15, 0.2) is 53.4 Å². The molecule has 0 atom stereocenters. The summed E-state index contributed by atoms with van der Waals surface area (Å²) in [5.74, 6) is 0.171. The molecule has 1 aliphatic rings. The monoisotopic (exact) mass is 417 g/mol. The van der Waals surface area contributed by atoms with Crippen LogP contribution in [0.3, 0.4) is 0 Å². The number of fused-ring (bicyclic) bond motifs is 1. The van der Waals surface area contributed by atoms with E-state index in [4.69, 9.17) is 9.88 Å². The number of benzene rings is 2. The van der Waals surface area contributed by atoms with E-state index in [9.17, 15) is 18.0 Å². The normalized spacial score (nSPS) is 15.4. The average molecular weight is 417 g/mol. The number of hydrogen-bond donors (Lipinski definition) is 2. The van der Waals surface area contributed by atoms with E-state index < -0.39 is 15.6 Å². The molecule has 0 radical (unpaired) electrons. The van der Waals surface area contributed by atoms with Crippen molar-refractivity contribution in [1.29, 1.82) is 0 Å². The molecular formula is C20H23N3O5S. The van der Waals surface area contributed by atoms with Gasteiger partial charge in [0.2, 0.25) is 15.9 Å². The number of carbonyl (C=O) groups is 2. The average Bonchev–Trinajstić information content (AvgIpc) is 2.66. The molecule has 3 N–H and O–H groups in total. The largest absolute Gasteiger partial charge is 0.476 e. The Morgan fingerprint density at radius 3 is 2.45 bits per heavy atom. The molecule has 0 unspecified atom stereocenters. The van der Waals surface area contributed by atoms with Gasteiger partial charge < -0.3 is 15.0 Å². The number of hydrogen-bond acceptors (Lipinski definition) is 5. The summed E-state index contributed by atoms with van der Waals surface area (Å²) >= 11 is 0. The number of nitrogens with one attached hydrogen (secondary N) is 1. The van der Waals surface area contributed by atoms with Crippen molar-refractivity contribution in [1.82, 2.24) is 5.32 Å². The van der Waals surface area contributed by atoms with Crippen molar-refractivity contribution in [3.05, 3.63) is 54.1 Å². The minimum absolute atomic E-state index is 0.0136. The third kappa shape index (κ3) is 4.75. The van der Waals surface area contributed by atoms with Gasteiger partial charge >= 0.3 is 0 Å². The summed E-state index contributed by atoms with van der Waals surface area (Å²) in [6.45, 7) is 3.86. The fourth-order valence-electron chi connectivity index (χ4n) is 3.04. The second-order valence-electron chi connectivity index (χ2n) is 7.25. The van der Waals surface area contributed by atoms with E-state index in [-0.39, 0.29) is 36.2 Å². The zero-order valence-electron chi connectivity index (χ0n) is 16.2. The molecule has 154 valence electrons. The number of primary sulfonamides is 1. The second kappa shape index (κ2) is 7.84. The SMILES string of the molecule is CC1(C)Oc2ccccc2N(CCC(=O)NCc2ccc(S(N)(=O)=O)cc2)C1=O. The summed E-state index contributed by atoms with van der Waals surface area (Å²) in [6.07, 6.45) is 0.116. The van der Waals surface area contributed by atoms with Gasteiger partial charge in [0, 0.05) is 19.5 Å². The minimum atomic E-state index is -3.75. The van der Waals surface area contributed by atoms with Crippen LogP contribution < -0.4 is 20.1 Å². The maximum Gasteiger partial charge on any atom is 0.270 e. The molecule has 0 aromatic heterocycles. The van der Waals surface area contributed by atoms with Crippen LogP contribution in [0.4, 0.5) is 5.69 Å². The van der Waals surface area contributed by atoms with E-state index in [1.807, 2.05) is 12.1 Å². The molecule has 1 heterocycles. The van der Waals surface area contributed by atoms with Gasteiger partial charge in [0.25, 0.3) is 5.91 Å². The molecule has 0 bridgehead atoms. The Bertz CT molecular complexity index is 1030. The summed E-state index contributed by atoms with van der Waals surface area (Å²) in [7, 11) is -3.75. The van der Waals surface area contributed by atoms with Gasteiger partial charge in [-0.2, -0.15) is 0 Å². The van der Waals surface area contributed by atoms with E-state index in [1.165, 1.54) is 12.1 Å². The van der Waals surface area contributed by atoms with Crippen LogP contribution >= 0.6 is 0 Å². The molecule has 1 aliphatic heterocycles. The molecule has 0 saturated carbocycles. The summed E-state index contributed by atoms with van der Waals surface area (Å²) in [4.78, 5) is 26.6. The Kier molecular flexibility index (Phi) is 5.63. The maximum absolute atomic E-state index is 12.7.